The Bertz CT molecular complexity index is 357. The van der Waals surface area contributed by atoms with Crippen LogP contribution in [-0.4, -0.2) is 20.0 Å². The molecule has 0 saturated carbocycles. The molecule has 2 nitrogen and oxygen atoms in total. The minimum Gasteiger partial charge on any atom is -0.406 e. The van der Waals surface area contributed by atoms with Gasteiger partial charge in [-0.3, -0.25) is 0 Å². The minimum atomic E-state index is -4.63. The van der Waals surface area contributed by atoms with Gasteiger partial charge in [-0.25, -0.2) is 0 Å². The average Bonchev–Trinajstić information content (AvgIpc) is 2.25. The summed E-state index contributed by atoms with van der Waals surface area (Å²) in [4.78, 5) is 0. The topological polar surface area (TPSA) is 21.3 Å². The van der Waals surface area contributed by atoms with Crippen molar-refractivity contribution in [3.63, 3.8) is 0 Å². The van der Waals surface area contributed by atoms with E-state index in [1.165, 1.54) is 12.1 Å². The Labute approximate surface area is 98.1 Å². The Morgan fingerprint density at radius 2 is 1.88 bits per heavy atom. The van der Waals surface area contributed by atoms with Crippen molar-refractivity contribution in [3.05, 3.63) is 35.9 Å². The second-order valence-corrected chi connectivity index (χ2v) is 3.41. The molecular weight excluding hydrogens is 231 g/mol. The molecule has 94 valence electrons. The second kappa shape index (κ2) is 6.30. The van der Waals surface area contributed by atoms with Crippen molar-refractivity contribution in [3.8, 4) is 5.75 Å². The van der Waals surface area contributed by atoms with Gasteiger partial charge < -0.3 is 10.1 Å². The van der Waals surface area contributed by atoms with Crippen molar-refractivity contribution >= 4 is 6.08 Å². The van der Waals surface area contributed by atoms with Crippen molar-refractivity contribution in [1.29, 1.82) is 0 Å². The molecule has 0 fully saturated rings. The van der Waals surface area contributed by atoms with Crippen LogP contribution in [0.4, 0.5) is 13.2 Å². The van der Waals surface area contributed by atoms with Gasteiger partial charge in [-0.05, 0) is 37.7 Å². The zero-order chi connectivity index (χ0) is 12.7. The highest BCUT2D eigenvalue weighted by molar-refractivity contribution is 5.50. The molecule has 0 aliphatic rings. The standard InChI is InChI=1S/C12H14F3NO/c1-16-9-3-2-4-10-5-7-11(8-6-10)17-12(13,14)15/h2,4-8,16H,3,9H2,1H3. The molecule has 1 N–H and O–H groups in total. The van der Waals surface area contributed by atoms with E-state index in [1.54, 1.807) is 12.1 Å². The number of alkyl halides is 3. The second-order valence-electron chi connectivity index (χ2n) is 3.41. The van der Waals surface area contributed by atoms with E-state index in [0.717, 1.165) is 18.5 Å². The lowest BCUT2D eigenvalue weighted by atomic mass is 10.2. The van der Waals surface area contributed by atoms with E-state index in [0.29, 0.717) is 0 Å². The van der Waals surface area contributed by atoms with Crippen LogP contribution in [0.2, 0.25) is 0 Å². The molecule has 0 aromatic heterocycles. The van der Waals surface area contributed by atoms with E-state index in [1.807, 2.05) is 19.2 Å². The van der Waals surface area contributed by atoms with Gasteiger partial charge in [0.05, 0.1) is 0 Å². The van der Waals surface area contributed by atoms with Gasteiger partial charge in [0, 0.05) is 0 Å². The molecule has 5 heteroatoms. The summed E-state index contributed by atoms with van der Waals surface area (Å²) >= 11 is 0. The summed E-state index contributed by atoms with van der Waals surface area (Å²) in [6.45, 7) is 0.867. The molecule has 1 aromatic carbocycles. The highest BCUT2D eigenvalue weighted by Crippen LogP contribution is 2.22. The number of halogens is 3. The lowest BCUT2D eigenvalue weighted by molar-refractivity contribution is -0.274. The van der Waals surface area contributed by atoms with Crippen LogP contribution >= 0.6 is 0 Å². The van der Waals surface area contributed by atoms with Crippen LogP contribution in [0.3, 0.4) is 0 Å². The molecule has 0 amide bonds. The Morgan fingerprint density at radius 3 is 2.41 bits per heavy atom. The zero-order valence-corrected chi connectivity index (χ0v) is 9.42. The number of rotatable bonds is 5. The predicted octanol–water partition coefficient (Wildman–Crippen LogP) is 3.21. The van der Waals surface area contributed by atoms with Gasteiger partial charge in [-0.1, -0.05) is 24.3 Å². The normalized spacial score (nSPS) is 12.0. The summed E-state index contributed by atoms with van der Waals surface area (Å²) in [7, 11) is 1.86. The number of hydrogen-bond acceptors (Lipinski definition) is 2. The maximum absolute atomic E-state index is 11.9. The van der Waals surface area contributed by atoms with Crippen molar-refractivity contribution in [2.75, 3.05) is 13.6 Å². The van der Waals surface area contributed by atoms with Gasteiger partial charge in [0.25, 0.3) is 0 Å². The fraction of sp³-hybridized carbons (Fsp3) is 0.333. The number of hydrogen-bond donors (Lipinski definition) is 1. The molecule has 0 aliphatic heterocycles. The molecule has 0 atom stereocenters. The zero-order valence-electron chi connectivity index (χ0n) is 9.42. The third-order valence-electron chi connectivity index (χ3n) is 1.98. The first kappa shape index (κ1) is 13.6. The van der Waals surface area contributed by atoms with Crippen molar-refractivity contribution in [2.24, 2.45) is 0 Å². The number of ether oxygens (including phenoxy) is 1. The Balaban J connectivity index is 2.53. The molecule has 1 aromatic rings. The molecule has 0 bridgehead atoms. The fourth-order valence-electron chi connectivity index (χ4n) is 1.23. The first-order valence-corrected chi connectivity index (χ1v) is 5.18. The van der Waals surface area contributed by atoms with Gasteiger partial charge >= 0.3 is 6.36 Å². The van der Waals surface area contributed by atoms with Crippen LogP contribution in [0.25, 0.3) is 6.08 Å². The van der Waals surface area contributed by atoms with E-state index < -0.39 is 6.36 Å². The molecule has 0 unspecified atom stereocenters. The van der Waals surface area contributed by atoms with Crippen LogP contribution in [0.15, 0.2) is 30.3 Å². The monoisotopic (exact) mass is 245 g/mol. The summed E-state index contributed by atoms with van der Waals surface area (Å²) in [5, 5.41) is 2.99. The van der Waals surface area contributed by atoms with Gasteiger partial charge in [-0.2, -0.15) is 0 Å². The third kappa shape index (κ3) is 5.97. The van der Waals surface area contributed by atoms with E-state index >= 15 is 0 Å². The maximum atomic E-state index is 11.9. The van der Waals surface area contributed by atoms with Gasteiger partial charge in [0.1, 0.15) is 5.75 Å². The van der Waals surface area contributed by atoms with E-state index in [-0.39, 0.29) is 5.75 Å². The fourth-order valence-corrected chi connectivity index (χ4v) is 1.23. The summed E-state index contributed by atoms with van der Waals surface area (Å²) in [6.07, 6.45) is 0.0479. The average molecular weight is 245 g/mol. The van der Waals surface area contributed by atoms with Crippen molar-refractivity contribution in [2.45, 2.75) is 12.8 Å². The summed E-state index contributed by atoms with van der Waals surface area (Å²) in [6, 6.07) is 5.75. The van der Waals surface area contributed by atoms with E-state index in [2.05, 4.69) is 10.1 Å². The van der Waals surface area contributed by atoms with E-state index in [4.69, 9.17) is 0 Å². The Kier molecular flexibility index (Phi) is 5.03. The predicted molar refractivity (Wildman–Crippen MR) is 60.7 cm³/mol. The molecule has 17 heavy (non-hydrogen) atoms. The first-order valence-electron chi connectivity index (χ1n) is 5.18. The van der Waals surface area contributed by atoms with Crippen molar-refractivity contribution in [1.82, 2.24) is 5.32 Å². The smallest absolute Gasteiger partial charge is 0.406 e. The Hall–Kier alpha value is -1.49. The largest absolute Gasteiger partial charge is 0.573 e. The van der Waals surface area contributed by atoms with Crippen LogP contribution < -0.4 is 10.1 Å². The third-order valence-corrected chi connectivity index (χ3v) is 1.98. The highest BCUT2D eigenvalue weighted by Gasteiger charge is 2.30. The molecule has 0 saturated heterocycles. The molecule has 0 spiro atoms. The summed E-state index contributed by atoms with van der Waals surface area (Å²) < 4.78 is 39.4. The van der Waals surface area contributed by atoms with Gasteiger partial charge in [0.15, 0.2) is 0 Å². The number of nitrogens with one attached hydrogen (secondary N) is 1. The molecule has 0 aliphatic carbocycles. The summed E-state index contributed by atoms with van der Waals surface area (Å²) in [5.74, 6) is -0.204. The van der Waals surface area contributed by atoms with Gasteiger partial charge in [-0.15, -0.1) is 13.2 Å². The van der Waals surface area contributed by atoms with Crippen LogP contribution in [0.5, 0.6) is 5.75 Å². The van der Waals surface area contributed by atoms with Crippen LogP contribution in [0.1, 0.15) is 12.0 Å². The molecular formula is C12H14F3NO. The summed E-state index contributed by atoms with van der Waals surface area (Å²) in [5.41, 5.74) is 0.843. The molecule has 1 rings (SSSR count). The highest BCUT2D eigenvalue weighted by atomic mass is 19.4. The quantitative estimate of drug-likeness (QED) is 0.804. The minimum absolute atomic E-state index is 0.204. The molecule has 0 radical (unpaired) electrons. The lowest BCUT2D eigenvalue weighted by Crippen LogP contribution is -2.16. The SMILES string of the molecule is CNCCC=Cc1ccc(OC(F)(F)F)cc1. The maximum Gasteiger partial charge on any atom is 0.573 e. The van der Waals surface area contributed by atoms with Crippen LogP contribution in [0, 0.1) is 0 Å². The Morgan fingerprint density at radius 1 is 1.24 bits per heavy atom. The lowest BCUT2D eigenvalue weighted by Gasteiger charge is -2.08. The van der Waals surface area contributed by atoms with Crippen LogP contribution in [-0.2, 0) is 0 Å². The van der Waals surface area contributed by atoms with E-state index in [9.17, 15) is 13.2 Å². The van der Waals surface area contributed by atoms with Crippen molar-refractivity contribution < 1.29 is 17.9 Å². The van der Waals surface area contributed by atoms with Gasteiger partial charge in [0.2, 0.25) is 0 Å². The first-order chi connectivity index (χ1) is 8.01. The number of benzene rings is 1. The molecule has 0 heterocycles.